The second kappa shape index (κ2) is 7.08. The van der Waals surface area contributed by atoms with E-state index in [1.807, 2.05) is 19.6 Å². The summed E-state index contributed by atoms with van der Waals surface area (Å²) in [6, 6.07) is 3.55. The van der Waals surface area contributed by atoms with Crippen LogP contribution in [0.1, 0.15) is 11.4 Å². The van der Waals surface area contributed by atoms with Gasteiger partial charge < -0.3 is 9.41 Å². The molecule has 0 bridgehead atoms. The summed E-state index contributed by atoms with van der Waals surface area (Å²) in [4.78, 5) is 11.3. The molecule has 1 atom stereocenters. The highest BCUT2D eigenvalue weighted by atomic mass is 28.4. The molecule has 0 spiro atoms. The third kappa shape index (κ3) is 4.22. The number of H-pyrrole nitrogens is 1. The first kappa shape index (κ1) is 18.4. The van der Waals surface area contributed by atoms with E-state index >= 15 is 0 Å². The number of nitrogens with one attached hydrogen (secondary N) is 1. The minimum absolute atomic E-state index is 0.223. The van der Waals surface area contributed by atoms with Crippen molar-refractivity contribution in [3.63, 3.8) is 0 Å². The van der Waals surface area contributed by atoms with Crippen LogP contribution in [-0.2, 0) is 23.0 Å². The molecule has 3 rings (SSSR count). The Morgan fingerprint density at radius 3 is 2.65 bits per heavy atom. The van der Waals surface area contributed by atoms with Gasteiger partial charge in [0.1, 0.15) is 35.7 Å². The van der Waals surface area contributed by atoms with E-state index in [0.29, 0.717) is 5.82 Å². The standard InChI is InChI=1S/C17H21F2N5OSi/c1-26(2,3)25-17(9-16-21-6-7-22-16,10-24-12-20-11-23-24)14-5-4-13(18)8-15(14)19/h4-8,11-12H,9-10H2,1-3H3,(H,21,22). The van der Waals surface area contributed by atoms with Gasteiger partial charge >= 0.3 is 0 Å². The minimum atomic E-state index is -2.14. The van der Waals surface area contributed by atoms with Crippen molar-refractivity contribution in [1.82, 2.24) is 24.7 Å². The van der Waals surface area contributed by atoms with Crippen LogP contribution in [0.25, 0.3) is 0 Å². The quantitative estimate of drug-likeness (QED) is 0.642. The van der Waals surface area contributed by atoms with Crippen molar-refractivity contribution in [2.45, 2.75) is 38.2 Å². The van der Waals surface area contributed by atoms with E-state index < -0.39 is 25.6 Å². The lowest BCUT2D eigenvalue weighted by Gasteiger charge is -2.39. The molecule has 3 aromatic rings. The lowest BCUT2D eigenvalue weighted by molar-refractivity contribution is 0.0296. The summed E-state index contributed by atoms with van der Waals surface area (Å²) in [5.41, 5.74) is -0.832. The van der Waals surface area contributed by atoms with Crippen molar-refractivity contribution in [3.8, 4) is 0 Å². The maximum Gasteiger partial charge on any atom is 0.185 e. The van der Waals surface area contributed by atoms with Gasteiger partial charge in [-0.25, -0.2) is 23.4 Å². The first-order valence-corrected chi connectivity index (χ1v) is 11.6. The number of aromatic amines is 1. The monoisotopic (exact) mass is 377 g/mol. The molecule has 1 aromatic carbocycles. The molecule has 0 aliphatic carbocycles. The molecule has 0 radical (unpaired) electrons. The van der Waals surface area contributed by atoms with Crippen molar-refractivity contribution in [2.24, 2.45) is 0 Å². The number of benzene rings is 1. The predicted octanol–water partition coefficient (Wildman–Crippen LogP) is 3.27. The SMILES string of the molecule is C[Si](C)(C)OC(Cc1ncc[nH]1)(Cn1cncn1)c1ccc(F)cc1F. The fourth-order valence-corrected chi connectivity index (χ4v) is 4.46. The molecule has 2 aromatic heterocycles. The zero-order valence-corrected chi connectivity index (χ0v) is 15.9. The Morgan fingerprint density at radius 1 is 1.27 bits per heavy atom. The molecule has 1 N–H and O–H groups in total. The highest BCUT2D eigenvalue weighted by molar-refractivity contribution is 6.69. The molecular weight excluding hydrogens is 356 g/mol. The fraction of sp³-hybridized carbons (Fsp3) is 0.353. The van der Waals surface area contributed by atoms with Crippen LogP contribution < -0.4 is 0 Å². The van der Waals surface area contributed by atoms with Crippen molar-refractivity contribution >= 4 is 8.32 Å². The first-order valence-electron chi connectivity index (χ1n) is 8.24. The summed E-state index contributed by atoms with van der Waals surface area (Å²) in [5.74, 6) is -0.645. The van der Waals surface area contributed by atoms with Gasteiger partial charge in [0.2, 0.25) is 0 Å². The molecule has 0 amide bonds. The van der Waals surface area contributed by atoms with Gasteiger partial charge in [0.15, 0.2) is 8.32 Å². The number of hydrogen-bond acceptors (Lipinski definition) is 4. The van der Waals surface area contributed by atoms with Gasteiger partial charge in [0, 0.05) is 30.4 Å². The molecule has 1 unspecified atom stereocenters. The molecule has 0 aliphatic rings. The van der Waals surface area contributed by atoms with Crippen LogP contribution in [0.4, 0.5) is 8.78 Å². The van der Waals surface area contributed by atoms with E-state index in [1.165, 1.54) is 18.5 Å². The molecule has 0 aliphatic heterocycles. The molecule has 138 valence electrons. The normalized spacial score (nSPS) is 14.3. The summed E-state index contributed by atoms with van der Waals surface area (Å²) in [5, 5.41) is 4.15. The summed E-state index contributed by atoms with van der Waals surface area (Å²) < 4.78 is 36.4. The molecule has 0 fully saturated rings. The molecule has 0 saturated heterocycles. The third-order valence-electron chi connectivity index (χ3n) is 3.82. The fourth-order valence-electron chi connectivity index (χ4n) is 3.05. The topological polar surface area (TPSA) is 68.6 Å². The molecule has 0 saturated carbocycles. The van der Waals surface area contributed by atoms with E-state index in [4.69, 9.17) is 4.43 Å². The second-order valence-corrected chi connectivity index (χ2v) is 11.6. The van der Waals surface area contributed by atoms with E-state index in [-0.39, 0.29) is 18.5 Å². The molecule has 2 heterocycles. The Kier molecular flexibility index (Phi) is 5.01. The van der Waals surface area contributed by atoms with E-state index in [1.54, 1.807) is 23.4 Å². The highest BCUT2D eigenvalue weighted by Gasteiger charge is 2.41. The van der Waals surface area contributed by atoms with Gasteiger partial charge in [-0.3, -0.25) is 0 Å². The van der Waals surface area contributed by atoms with Crippen LogP contribution in [-0.4, -0.2) is 33.0 Å². The highest BCUT2D eigenvalue weighted by Crippen LogP contribution is 2.36. The Labute approximate surface area is 151 Å². The average Bonchev–Trinajstić information content (AvgIpc) is 3.19. The van der Waals surface area contributed by atoms with Gasteiger partial charge in [-0.2, -0.15) is 5.10 Å². The van der Waals surface area contributed by atoms with Crippen LogP contribution in [0.5, 0.6) is 0 Å². The number of imidazole rings is 1. The maximum atomic E-state index is 14.8. The zero-order chi connectivity index (χ0) is 18.8. The van der Waals surface area contributed by atoms with Gasteiger partial charge in [0.05, 0.1) is 6.54 Å². The van der Waals surface area contributed by atoms with Crippen LogP contribution in [0.2, 0.25) is 19.6 Å². The molecule has 9 heteroatoms. The van der Waals surface area contributed by atoms with E-state index in [9.17, 15) is 8.78 Å². The van der Waals surface area contributed by atoms with E-state index in [0.717, 1.165) is 6.07 Å². The Bertz CT molecular complexity index is 810. The van der Waals surface area contributed by atoms with Crippen LogP contribution in [0, 0.1) is 11.6 Å². The number of halogens is 2. The van der Waals surface area contributed by atoms with Crippen molar-refractivity contribution < 1.29 is 13.2 Å². The predicted molar refractivity (Wildman–Crippen MR) is 94.8 cm³/mol. The molecule has 26 heavy (non-hydrogen) atoms. The number of aromatic nitrogens is 5. The molecular formula is C17H21F2N5OSi. The number of hydrogen-bond donors (Lipinski definition) is 1. The second-order valence-electron chi connectivity index (χ2n) is 7.14. The summed E-state index contributed by atoms with van der Waals surface area (Å²) in [7, 11) is -2.14. The van der Waals surface area contributed by atoms with Gasteiger partial charge in [-0.15, -0.1) is 0 Å². The Balaban J connectivity index is 2.14. The third-order valence-corrected chi connectivity index (χ3v) is 4.82. The smallest absolute Gasteiger partial charge is 0.185 e. The molecule has 6 nitrogen and oxygen atoms in total. The van der Waals surface area contributed by atoms with Gasteiger partial charge in [0.25, 0.3) is 0 Å². The summed E-state index contributed by atoms with van der Waals surface area (Å²) >= 11 is 0. The number of rotatable bonds is 7. The van der Waals surface area contributed by atoms with Crippen LogP contribution >= 0.6 is 0 Å². The van der Waals surface area contributed by atoms with Crippen LogP contribution in [0.3, 0.4) is 0 Å². The summed E-state index contributed by atoms with van der Waals surface area (Å²) in [6.07, 6.45) is 6.57. The van der Waals surface area contributed by atoms with Crippen molar-refractivity contribution in [3.05, 3.63) is 66.3 Å². The van der Waals surface area contributed by atoms with Gasteiger partial charge in [-0.05, 0) is 25.7 Å². The van der Waals surface area contributed by atoms with Crippen LogP contribution in [0.15, 0.2) is 43.2 Å². The Hall–Kier alpha value is -2.39. The summed E-state index contributed by atoms with van der Waals surface area (Å²) in [6.45, 7) is 6.28. The average molecular weight is 377 g/mol. The van der Waals surface area contributed by atoms with Crippen molar-refractivity contribution in [1.29, 1.82) is 0 Å². The zero-order valence-electron chi connectivity index (χ0n) is 14.9. The lowest BCUT2D eigenvalue weighted by Crippen LogP contribution is -2.46. The largest absolute Gasteiger partial charge is 0.406 e. The minimum Gasteiger partial charge on any atom is -0.406 e. The van der Waals surface area contributed by atoms with E-state index in [2.05, 4.69) is 20.1 Å². The van der Waals surface area contributed by atoms with Gasteiger partial charge in [-0.1, -0.05) is 6.07 Å². The maximum absolute atomic E-state index is 14.8. The first-order chi connectivity index (χ1) is 12.3. The van der Waals surface area contributed by atoms with Crippen molar-refractivity contribution in [2.75, 3.05) is 0 Å². The lowest BCUT2D eigenvalue weighted by atomic mass is 9.89. The number of nitrogens with zero attached hydrogens (tertiary/aromatic N) is 4. The Morgan fingerprint density at radius 2 is 2.08 bits per heavy atom.